The average Bonchev–Trinajstić information content (AvgIpc) is 2.45. The molecule has 2 aromatic carbocycles. The third-order valence-electron chi connectivity index (χ3n) is 4.02. The van der Waals surface area contributed by atoms with Crippen molar-refractivity contribution in [3.05, 3.63) is 70.8 Å². The monoisotopic (exact) mass is 294 g/mol. The number of Topliss-reactive ketones (excluding diaryl/α,β-unsaturated/α-hetero) is 1. The summed E-state index contributed by atoms with van der Waals surface area (Å²) >= 11 is 0. The molecule has 1 nitrogen and oxygen atoms in total. The third-order valence-corrected chi connectivity index (χ3v) is 4.02. The van der Waals surface area contributed by atoms with Crippen LogP contribution in [-0.4, -0.2) is 5.78 Å². The molecule has 0 saturated heterocycles. The van der Waals surface area contributed by atoms with E-state index in [9.17, 15) is 4.79 Å². The maximum Gasteiger partial charge on any atom is 0.159 e. The molecule has 0 heterocycles. The van der Waals surface area contributed by atoms with Gasteiger partial charge < -0.3 is 0 Å². The first kappa shape index (κ1) is 16.5. The number of aryl methyl sites for hydroxylation is 1. The molecule has 1 atom stereocenters. The molecule has 0 amide bonds. The van der Waals surface area contributed by atoms with Crippen molar-refractivity contribution in [3.63, 3.8) is 0 Å². The van der Waals surface area contributed by atoms with Gasteiger partial charge in [0.1, 0.15) is 0 Å². The Bertz CT molecular complexity index is 627. The number of carbonyl (C=O) groups is 1. The van der Waals surface area contributed by atoms with Gasteiger partial charge in [-0.15, -0.1) is 0 Å². The minimum absolute atomic E-state index is 0.120. The summed E-state index contributed by atoms with van der Waals surface area (Å²) in [6.07, 6.45) is 1.08. The van der Waals surface area contributed by atoms with Crippen molar-refractivity contribution in [3.8, 4) is 0 Å². The summed E-state index contributed by atoms with van der Waals surface area (Å²) in [6, 6.07) is 16.9. The summed E-state index contributed by atoms with van der Waals surface area (Å²) in [4.78, 5) is 11.5. The lowest BCUT2D eigenvalue weighted by Gasteiger charge is -2.27. The van der Waals surface area contributed by atoms with Gasteiger partial charge in [0.25, 0.3) is 0 Å². The highest BCUT2D eigenvalue weighted by Crippen LogP contribution is 2.36. The summed E-state index contributed by atoms with van der Waals surface area (Å²) in [7, 11) is 0. The standard InChI is InChI=1S/C21H26O/c1-15-6-8-18(9-7-15)20(14-21(3,4)5)19-12-10-17(11-13-19)16(2)22/h6-13,20H,14H2,1-5H3. The quantitative estimate of drug-likeness (QED) is 0.655. The predicted molar refractivity (Wildman–Crippen MR) is 93.5 cm³/mol. The molecule has 22 heavy (non-hydrogen) atoms. The first-order valence-corrected chi connectivity index (χ1v) is 7.94. The molecule has 0 N–H and O–H groups in total. The van der Waals surface area contributed by atoms with E-state index < -0.39 is 0 Å². The number of hydrogen-bond donors (Lipinski definition) is 0. The highest BCUT2D eigenvalue weighted by molar-refractivity contribution is 5.94. The van der Waals surface area contributed by atoms with Gasteiger partial charge in [-0.25, -0.2) is 0 Å². The molecule has 0 aliphatic carbocycles. The Morgan fingerprint density at radius 1 is 0.909 bits per heavy atom. The van der Waals surface area contributed by atoms with Gasteiger partial charge in [0, 0.05) is 11.5 Å². The van der Waals surface area contributed by atoms with Gasteiger partial charge in [-0.05, 0) is 36.8 Å². The maximum atomic E-state index is 11.5. The first-order valence-electron chi connectivity index (χ1n) is 7.94. The lowest BCUT2D eigenvalue weighted by atomic mass is 9.78. The van der Waals surface area contributed by atoms with E-state index >= 15 is 0 Å². The topological polar surface area (TPSA) is 17.1 Å². The van der Waals surface area contributed by atoms with E-state index in [-0.39, 0.29) is 11.2 Å². The van der Waals surface area contributed by atoms with E-state index in [0.29, 0.717) is 5.92 Å². The highest BCUT2D eigenvalue weighted by Gasteiger charge is 2.22. The van der Waals surface area contributed by atoms with E-state index in [4.69, 9.17) is 0 Å². The van der Waals surface area contributed by atoms with Crippen LogP contribution in [0, 0.1) is 12.3 Å². The summed E-state index contributed by atoms with van der Waals surface area (Å²) in [6.45, 7) is 10.6. The zero-order chi connectivity index (χ0) is 16.3. The van der Waals surface area contributed by atoms with Crippen LogP contribution in [0.25, 0.3) is 0 Å². The lowest BCUT2D eigenvalue weighted by Crippen LogP contribution is -2.13. The molecule has 0 radical (unpaired) electrons. The SMILES string of the molecule is CC(=O)c1ccc(C(CC(C)(C)C)c2ccc(C)cc2)cc1. The van der Waals surface area contributed by atoms with Crippen LogP contribution < -0.4 is 0 Å². The molecule has 0 spiro atoms. The minimum atomic E-state index is 0.120. The van der Waals surface area contributed by atoms with E-state index in [1.165, 1.54) is 16.7 Å². The third kappa shape index (κ3) is 4.30. The average molecular weight is 294 g/mol. The number of hydrogen-bond acceptors (Lipinski definition) is 1. The molecule has 0 saturated carbocycles. The van der Waals surface area contributed by atoms with Crippen LogP contribution in [0.5, 0.6) is 0 Å². The second-order valence-corrected chi connectivity index (χ2v) is 7.41. The lowest BCUT2D eigenvalue weighted by molar-refractivity contribution is 0.101. The normalized spacial score (nSPS) is 13.0. The fourth-order valence-electron chi connectivity index (χ4n) is 2.79. The minimum Gasteiger partial charge on any atom is -0.295 e. The maximum absolute atomic E-state index is 11.5. The Morgan fingerprint density at radius 3 is 1.77 bits per heavy atom. The van der Waals surface area contributed by atoms with Crippen molar-refractivity contribution in [1.29, 1.82) is 0 Å². The molecule has 2 rings (SSSR count). The van der Waals surface area contributed by atoms with Crippen molar-refractivity contribution in [1.82, 2.24) is 0 Å². The molecule has 1 unspecified atom stereocenters. The van der Waals surface area contributed by atoms with Crippen molar-refractivity contribution in [2.24, 2.45) is 5.41 Å². The van der Waals surface area contributed by atoms with Gasteiger partial charge >= 0.3 is 0 Å². The van der Waals surface area contributed by atoms with Gasteiger partial charge in [0.15, 0.2) is 5.78 Å². The number of ketones is 1. The Morgan fingerprint density at radius 2 is 1.36 bits per heavy atom. The van der Waals surface area contributed by atoms with Crippen LogP contribution in [0.15, 0.2) is 48.5 Å². The fraction of sp³-hybridized carbons (Fsp3) is 0.381. The molecular formula is C21H26O. The molecule has 0 fully saturated rings. The van der Waals surface area contributed by atoms with Crippen LogP contribution in [0.4, 0.5) is 0 Å². The Hall–Kier alpha value is -1.89. The smallest absolute Gasteiger partial charge is 0.159 e. The largest absolute Gasteiger partial charge is 0.295 e. The number of benzene rings is 2. The molecule has 0 aromatic heterocycles. The van der Waals surface area contributed by atoms with E-state index in [2.05, 4.69) is 64.1 Å². The van der Waals surface area contributed by atoms with Gasteiger partial charge in [0.05, 0.1) is 0 Å². The second kappa shape index (κ2) is 6.48. The van der Waals surface area contributed by atoms with Crippen molar-refractivity contribution >= 4 is 5.78 Å². The van der Waals surface area contributed by atoms with Gasteiger partial charge in [-0.3, -0.25) is 4.79 Å². The molecular weight excluding hydrogens is 268 g/mol. The first-order chi connectivity index (χ1) is 10.3. The summed E-state index contributed by atoms with van der Waals surface area (Å²) in [5, 5.41) is 0. The van der Waals surface area contributed by atoms with Crippen LogP contribution in [0.2, 0.25) is 0 Å². The molecule has 1 heteroatoms. The zero-order valence-corrected chi connectivity index (χ0v) is 14.3. The van der Waals surface area contributed by atoms with E-state index in [0.717, 1.165) is 12.0 Å². The summed E-state index contributed by atoms with van der Waals surface area (Å²) in [5.74, 6) is 0.482. The summed E-state index contributed by atoms with van der Waals surface area (Å²) in [5.41, 5.74) is 4.93. The van der Waals surface area contributed by atoms with Crippen molar-refractivity contribution in [2.45, 2.75) is 47.0 Å². The molecule has 0 aliphatic rings. The molecule has 0 aliphatic heterocycles. The van der Waals surface area contributed by atoms with Crippen LogP contribution in [0.1, 0.15) is 67.1 Å². The number of rotatable bonds is 4. The van der Waals surface area contributed by atoms with Gasteiger partial charge in [-0.2, -0.15) is 0 Å². The van der Waals surface area contributed by atoms with Crippen LogP contribution in [0.3, 0.4) is 0 Å². The molecule has 2 aromatic rings. The Balaban J connectivity index is 2.39. The Kier molecular flexibility index (Phi) is 4.85. The van der Waals surface area contributed by atoms with E-state index in [1.807, 2.05) is 12.1 Å². The van der Waals surface area contributed by atoms with Crippen molar-refractivity contribution < 1.29 is 4.79 Å². The van der Waals surface area contributed by atoms with Gasteiger partial charge in [0.2, 0.25) is 0 Å². The van der Waals surface area contributed by atoms with Crippen molar-refractivity contribution in [2.75, 3.05) is 0 Å². The van der Waals surface area contributed by atoms with Gasteiger partial charge in [-0.1, -0.05) is 74.9 Å². The molecule has 0 bridgehead atoms. The Labute approximate surface area is 134 Å². The second-order valence-electron chi connectivity index (χ2n) is 7.41. The predicted octanol–water partition coefficient (Wildman–Crippen LogP) is 5.77. The zero-order valence-electron chi connectivity index (χ0n) is 14.3. The fourth-order valence-corrected chi connectivity index (χ4v) is 2.79. The number of carbonyl (C=O) groups excluding carboxylic acids is 1. The van der Waals surface area contributed by atoms with Crippen LogP contribution in [-0.2, 0) is 0 Å². The molecule has 116 valence electrons. The van der Waals surface area contributed by atoms with E-state index in [1.54, 1.807) is 6.92 Å². The van der Waals surface area contributed by atoms with Crippen LogP contribution >= 0.6 is 0 Å². The summed E-state index contributed by atoms with van der Waals surface area (Å²) < 4.78 is 0. The highest BCUT2D eigenvalue weighted by atomic mass is 16.1.